The van der Waals surface area contributed by atoms with Crippen LogP contribution in [0.3, 0.4) is 0 Å². The van der Waals surface area contributed by atoms with E-state index in [1.54, 1.807) is 11.3 Å². The van der Waals surface area contributed by atoms with Crippen LogP contribution in [-0.2, 0) is 11.2 Å². The van der Waals surface area contributed by atoms with Gasteiger partial charge in [0.2, 0.25) is 11.7 Å². The molecule has 0 aliphatic heterocycles. The van der Waals surface area contributed by atoms with Crippen molar-refractivity contribution in [2.45, 2.75) is 60.0 Å². The van der Waals surface area contributed by atoms with Crippen LogP contribution in [0.4, 0.5) is 0 Å². The number of amides is 1. The quantitative estimate of drug-likeness (QED) is 0.460. The van der Waals surface area contributed by atoms with Crippen LogP contribution in [0.25, 0.3) is 22.2 Å². The van der Waals surface area contributed by atoms with Crippen molar-refractivity contribution in [3.05, 3.63) is 39.8 Å². The monoisotopic (exact) mass is 457 g/mol. The lowest BCUT2D eigenvalue weighted by Gasteiger charge is -2.16. The number of hydrogen-bond acceptors (Lipinski definition) is 7. The van der Waals surface area contributed by atoms with Gasteiger partial charge in [-0.05, 0) is 79.3 Å². The Morgan fingerprint density at radius 2 is 1.94 bits per heavy atom. The smallest absolute Gasteiger partial charge is 0.268 e. The van der Waals surface area contributed by atoms with E-state index in [0.29, 0.717) is 23.4 Å². The molecule has 0 saturated carbocycles. The van der Waals surface area contributed by atoms with E-state index in [-0.39, 0.29) is 19.4 Å². The third-order valence-electron chi connectivity index (χ3n) is 5.25. The number of nitrogens with zero attached hydrogens (tertiary/aromatic N) is 2. The minimum Gasteiger partial charge on any atom is -0.490 e. The number of nitrogens with two attached hydrogens (primary N) is 1. The van der Waals surface area contributed by atoms with Gasteiger partial charge in [0.25, 0.3) is 5.89 Å². The lowest BCUT2D eigenvalue weighted by atomic mass is 10.0. The molecule has 2 aromatic heterocycles. The molecule has 3 aromatic rings. The SMILES string of the molecule is Cc1cc(-c2noc(-c3scc(CC(C)C)c3C)n2)cc(C)c1OC[C@@H](O)CCC(N)=O. The fourth-order valence-electron chi connectivity index (χ4n) is 3.62. The van der Waals surface area contributed by atoms with Gasteiger partial charge < -0.3 is 20.1 Å². The van der Waals surface area contributed by atoms with Crippen LogP contribution in [-0.4, -0.2) is 33.9 Å². The molecule has 32 heavy (non-hydrogen) atoms. The number of hydrogen-bond donors (Lipinski definition) is 2. The molecule has 0 saturated heterocycles. The van der Waals surface area contributed by atoms with Crippen molar-refractivity contribution in [1.82, 2.24) is 10.1 Å². The maximum Gasteiger partial charge on any atom is 0.268 e. The molecule has 0 aliphatic carbocycles. The van der Waals surface area contributed by atoms with Gasteiger partial charge in [-0.15, -0.1) is 11.3 Å². The Bertz CT molecular complexity index is 1060. The van der Waals surface area contributed by atoms with E-state index in [9.17, 15) is 9.90 Å². The fraction of sp³-hybridized carbons (Fsp3) is 0.458. The van der Waals surface area contributed by atoms with E-state index >= 15 is 0 Å². The Morgan fingerprint density at radius 3 is 2.56 bits per heavy atom. The number of primary amides is 1. The van der Waals surface area contributed by atoms with Gasteiger partial charge in [-0.2, -0.15) is 4.98 Å². The van der Waals surface area contributed by atoms with E-state index in [1.807, 2.05) is 26.0 Å². The average Bonchev–Trinajstić information content (AvgIpc) is 3.32. The van der Waals surface area contributed by atoms with Gasteiger partial charge in [-0.1, -0.05) is 19.0 Å². The molecule has 0 fully saturated rings. The van der Waals surface area contributed by atoms with Gasteiger partial charge in [0.05, 0.1) is 11.0 Å². The topological polar surface area (TPSA) is 111 Å². The van der Waals surface area contributed by atoms with E-state index < -0.39 is 12.0 Å². The van der Waals surface area contributed by atoms with E-state index in [4.69, 9.17) is 15.0 Å². The van der Waals surface area contributed by atoms with Gasteiger partial charge >= 0.3 is 0 Å². The summed E-state index contributed by atoms with van der Waals surface area (Å²) in [7, 11) is 0. The summed E-state index contributed by atoms with van der Waals surface area (Å²) in [5, 5.41) is 16.4. The number of thiophene rings is 1. The number of ether oxygens (including phenoxy) is 1. The molecule has 8 heteroatoms. The number of aromatic nitrogens is 2. The van der Waals surface area contributed by atoms with Gasteiger partial charge in [0, 0.05) is 12.0 Å². The second-order valence-electron chi connectivity index (χ2n) is 8.65. The summed E-state index contributed by atoms with van der Waals surface area (Å²) in [4.78, 5) is 16.5. The van der Waals surface area contributed by atoms with Gasteiger partial charge in [-0.3, -0.25) is 4.79 Å². The van der Waals surface area contributed by atoms with E-state index in [1.165, 1.54) is 11.1 Å². The average molecular weight is 458 g/mol. The minimum atomic E-state index is -0.754. The summed E-state index contributed by atoms with van der Waals surface area (Å²) in [6, 6.07) is 3.89. The molecule has 1 aromatic carbocycles. The molecular formula is C24H31N3O4S. The molecule has 1 atom stereocenters. The van der Waals surface area contributed by atoms with Gasteiger partial charge in [0.1, 0.15) is 12.4 Å². The summed E-state index contributed by atoms with van der Waals surface area (Å²) in [6.45, 7) is 10.5. The van der Waals surface area contributed by atoms with Crippen LogP contribution >= 0.6 is 11.3 Å². The van der Waals surface area contributed by atoms with Crippen molar-refractivity contribution < 1.29 is 19.2 Å². The molecular weight excluding hydrogens is 426 g/mol. The Kier molecular flexibility index (Phi) is 7.69. The first-order valence-electron chi connectivity index (χ1n) is 10.8. The largest absolute Gasteiger partial charge is 0.490 e. The van der Waals surface area contributed by atoms with Gasteiger partial charge in [-0.25, -0.2) is 0 Å². The Labute approximate surface area is 192 Å². The molecule has 0 spiro atoms. The van der Waals surface area contributed by atoms with E-state index in [2.05, 4.69) is 36.3 Å². The lowest BCUT2D eigenvalue weighted by Crippen LogP contribution is -2.21. The number of aliphatic hydroxyl groups is 1. The number of benzene rings is 1. The van der Waals surface area contributed by atoms with Crippen molar-refractivity contribution in [2.24, 2.45) is 11.7 Å². The third-order valence-corrected chi connectivity index (χ3v) is 6.37. The molecule has 172 valence electrons. The number of carbonyl (C=O) groups excluding carboxylic acids is 1. The zero-order valence-electron chi connectivity index (χ0n) is 19.3. The predicted molar refractivity (Wildman–Crippen MR) is 126 cm³/mol. The van der Waals surface area contributed by atoms with E-state index in [0.717, 1.165) is 28.0 Å². The number of carbonyl (C=O) groups is 1. The normalized spacial score (nSPS) is 12.3. The highest BCUT2D eigenvalue weighted by atomic mass is 32.1. The number of aryl methyl sites for hydroxylation is 2. The first-order valence-corrected chi connectivity index (χ1v) is 11.7. The molecule has 3 N–H and O–H groups in total. The second-order valence-corrected chi connectivity index (χ2v) is 9.52. The Hall–Kier alpha value is -2.71. The molecule has 0 bridgehead atoms. The van der Waals surface area contributed by atoms with Crippen molar-refractivity contribution >= 4 is 17.2 Å². The van der Waals surface area contributed by atoms with Crippen molar-refractivity contribution in [2.75, 3.05) is 6.61 Å². The minimum absolute atomic E-state index is 0.0943. The lowest BCUT2D eigenvalue weighted by molar-refractivity contribution is -0.118. The highest BCUT2D eigenvalue weighted by Crippen LogP contribution is 2.35. The maximum absolute atomic E-state index is 10.9. The maximum atomic E-state index is 10.9. The Morgan fingerprint density at radius 1 is 1.25 bits per heavy atom. The molecule has 0 radical (unpaired) electrons. The fourth-order valence-corrected chi connectivity index (χ4v) is 4.64. The molecule has 7 nitrogen and oxygen atoms in total. The highest BCUT2D eigenvalue weighted by Gasteiger charge is 2.19. The van der Waals surface area contributed by atoms with Crippen LogP contribution in [0.2, 0.25) is 0 Å². The van der Waals surface area contributed by atoms with Crippen molar-refractivity contribution in [3.63, 3.8) is 0 Å². The second kappa shape index (κ2) is 10.3. The molecule has 1 amide bonds. The highest BCUT2D eigenvalue weighted by molar-refractivity contribution is 7.13. The molecule has 0 aliphatic rings. The summed E-state index contributed by atoms with van der Waals surface area (Å²) < 4.78 is 11.4. The van der Waals surface area contributed by atoms with Crippen LogP contribution in [0.5, 0.6) is 5.75 Å². The molecule has 0 unspecified atom stereocenters. The summed E-state index contributed by atoms with van der Waals surface area (Å²) in [5.41, 5.74) is 10.3. The predicted octanol–water partition coefficient (Wildman–Crippen LogP) is 4.59. The number of rotatable bonds is 10. The van der Waals surface area contributed by atoms with Crippen LogP contribution in [0.1, 0.15) is 48.9 Å². The zero-order valence-corrected chi connectivity index (χ0v) is 20.1. The zero-order chi connectivity index (χ0) is 23.4. The summed E-state index contributed by atoms with van der Waals surface area (Å²) in [6.07, 6.45) is 0.679. The third kappa shape index (κ3) is 5.75. The standard InChI is InChI=1S/C24H31N3O4S/c1-13(2)8-18-12-32-22(16(18)5)24-26-23(27-31-24)17-9-14(3)21(15(4)10-17)30-11-19(28)6-7-20(25)29/h9-10,12-13,19,28H,6-8,11H2,1-5H3,(H2,25,29)/t19-/m0/s1. The van der Waals surface area contributed by atoms with Crippen LogP contribution in [0, 0.1) is 26.7 Å². The van der Waals surface area contributed by atoms with Crippen LogP contribution < -0.4 is 10.5 Å². The van der Waals surface area contributed by atoms with Crippen molar-refractivity contribution in [1.29, 1.82) is 0 Å². The molecule has 2 heterocycles. The summed E-state index contributed by atoms with van der Waals surface area (Å²) in [5.74, 6) is 1.91. The first-order chi connectivity index (χ1) is 15.2. The van der Waals surface area contributed by atoms with Crippen LogP contribution in [0.15, 0.2) is 22.0 Å². The first kappa shape index (κ1) is 23.9. The summed E-state index contributed by atoms with van der Waals surface area (Å²) >= 11 is 1.63. The van der Waals surface area contributed by atoms with Crippen molar-refractivity contribution in [3.8, 4) is 27.9 Å². The Balaban J connectivity index is 1.75. The number of aliphatic hydroxyl groups excluding tert-OH is 1. The molecule has 3 rings (SSSR count). The van der Waals surface area contributed by atoms with Gasteiger partial charge in [0.15, 0.2) is 0 Å².